The molecule has 4 N–H and O–H groups in total. The molecule has 2 aromatic rings. The number of hydrogen-bond acceptors (Lipinski definition) is 4. The van der Waals surface area contributed by atoms with E-state index in [-0.39, 0.29) is 29.8 Å². The van der Waals surface area contributed by atoms with Crippen LogP contribution in [0, 0.1) is 0 Å². The molecule has 0 spiro atoms. The van der Waals surface area contributed by atoms with Gasteiger partial charge >= 0.3 is 6.18 Å². The number of nitrogens with two attached hydrogens (primary N) is 1. The Morgan fingerprint density at radius 3 is 2.54 bits per heavy atom. The minimum atomic E-state index is -4.53. The highest BCUT2D eigenvalue weighted by molar-refractivity contribution is 6.30. The number of anilines is 2. The lowest BCUT2D eigenvalue weighted by Crippen LogP contribution is -2.54. The van der Waals surface area contributed by atoms with Crippen molar-refractivity contribution in [3.63, 3.8) is 0 Å². The van der Waals surface area contributed by atoms with E-state index in [2.05, 4.69) is 10.6 Å². The van der Waals surface area contributed by atoms with E-state index in [0.29, 0.717) is 18.7 Å². The number of ether oxygens (including phenoxy) is 1. The largest absolute Gasteiger partial charge is 0.418 e. The fourth-order valence-corrected chi connectivity index (χ4v) is 3.01. The summed E-state index contributed by atoms with van der Waals surface area (Å²) in [6, 6.07) is 10.2. The van der Waals surface area contributed by atoms with Crippen molar-refractivity contribution < 1.29 is 22.7 Å². The van der Waals surface area contributed by atoms with Gasteiger partial charge in [0.05, 0.1) is 17.9 Å². The fourth-order valence-electron chi connectivity index (χ4n) is 2.84. The zero-order valence-electron chi connectivity index (χ0n) is 14.8. The van der Waals surface area contributed by atoms with Gasteiger partial charge in [-0.15, -0.1) is 0 Å². The van der Waals surface area contributed by atoms with Crippen molar-refractivity contribution in [2.24, 2.45) is 5.73 Å². The Balaban J connectivity index is 1.65. The van der Waals surface area contributed by atoms with Gasteiger partial charge in [0.15, 0.2) is 0 Å². The Labute approximate surface area is 165 Å². The van der Waals surface area contributed by atoms with Crippen molar-refractivity contribution in [3.8, 4) is 0 Å². The molecular formula is C19H19ClF3N3O2. The Morgan fingerprint density at radius 2 is 1.93 bits per heavy atom. The van der Waals surface area contributed by atoms with E-state index in [0.717, 1.165) is 11.6 Å². The topological polar surface area (TPSA) is 76.4 Å². The van der Waals surface area contributed by atoms with Crippen molar-refractivity contribution in [3.05, 3.63) is 58.6 Å². The molecule has 0 aromatic heterocycles. The summed E-state index contributed by atoms with van der Waals surface area (Å²) in [5.41, 5.74) is 5.30. The van der Waals surface area contributed by atoms with Crippen molar-refractivity contribution in [2.75, 3.05) is 18.5 Å². The summed E-state index contributed by atoms with van der Waals surface area (Å²) in [4.78, 5) is 12.2. The third-order valence-electron chi connectivity index (χ3n) is 4.48. The van der Waals surface area contributed by atoms with Gasteiger partial charge in [-0.1, -0.05) is 23.7 Å². The first-order valence-electron chi connectivity index (χ1n) is 8.55. The molecule has 1 amide bonds. The summed E-state index contributed by atoms with van der Waals surface area (Å²) in [5, 5.41) is 5.51. The van der Waals surface area contributed by atoms with Gasteiger partial charge in [-0.2, -0.15) is 13.2 Å². The molecule has 0 unspecified atom stereocenters. The van der Waals surface area contributed by atoms with Crippen LogP contribution in [0.4, 0.5) is 24.5 Å². The highest BCUT2D eigenvalue weighted by Crippen LogP contribution is 2.37. The van der Waals surface area contributed by atoms with Crippen LogP contribution >= 0.6 is 11.6 Å². The molecule has 0 bridgehead atoms. The van der Waals surface area contributed by atoms with E-state index in [4.69, 9.17) is 22.1 Å². The first-order chi connectivity index (χ1) is 13.2. The van der Waals surface area contributed by atoms with Crippen LogP contribution in [0.2, 0.25) is 5.02 Å². The number of nitrogens with one attached hydrogen (secondary N) is 2. The molecule has 3 rings (SSSR count). The van der Waals surface area contributed by atoms with Crippen LogP contribution in [0.15, 0.2) is 42.5 Å². The highest BCUT2D eigenvalue weighted by atomic mass is 35.5. The second kappa shape index (κ2) is 7.98. The van der Waals surface area contributed by atoms with Crippen LogP contribution in [0.25, 0.3) is 0 Å². The molecule has 1 heterocycles. The standard InChI is InChI=1S/C19H19ClF3N3O2/c20-13-3-6-16(15(9-13)19(21,22)23)26-14-4-1-12(2-5-14)10-25-17(27)18(24)7-8-28-11-18/h1-6,9,26H,7-8,10-11,24H2,(H,25,27)/t18-/m0/s1. The summed E-state index contributed by atoms with van der Waals surface area (Å²) >= 11 is 5.68. The normalized spacial score (nSPS) is 19.5. The van der Waals surface area contributed by atoms with E-state index in [9.17, 15) is 18.0 Å². The fraction of sp³-hybridized carbons (Fsp3) is 0.316. The zero-order valence-corrected chi connectivity index (χ0v) is 15.5. The van der Waals surface area contributed by atoms with E-state index in [1.165, 1.54) is 12.1 Å². The maximum absolute atomic E-state index is 13.2. The van der Waals surface area contributed by atoms with Gasteiger partial charge in [0.25, 0.3) is 0 Å². The number of benzene rings is 2. The number of rotatable bonds is 5. The quantitative estimate of drug-likeness (QED) is 0.696. The average molecular weight is 414 g/mol. The first-order valence-corrected chi connectivity index (χ1v) is 8.93. The second-order valence-corrected chi connectivity index (χ2v) is 7.09. The summed E-state index contributed by atoms with van der Waals surface area (Å²) in [6.07, 6.45) is -4.07. The predicted octanol–water partition coefficient (Wildman–Crippen LogP) is 3.84. The summed E-state index contributed by atoms with van der Waals surface area (Å²) < 4.78 is 44.7. The molecule has 0 radical (unpaired) electrons. The van der Waals surface area contributed by atoms with Crippen molar-refractivity contribution >= 4 is 28.9 Å². The van der Waals surface area contributed by atoms with Gasteiger partial charge in [0.2, 0.25) is 5.91 Å². The molecule has 0 saturated carbocycles. The van der Waals surface area contributed by atoms with Crippen molar-refractivity contribution in [1.29, 1.82) is 0 Å². The maximum atomic E-state index is 13.2. The van der Waals surface area contributed by atoms with Crippen LogP contribution < -0.4 is 16.4 Å². The molecule has 1 saturated heterocycles. The molecule has 9 heteroatoms. The van der Waals surface area contributed by atoms with Gasteiger partial charge in [-0.3, -0.25) is 4.79 Å². The molecule has 1 fully saturated rings. The van der Waals surface area contributed by atoms with Gasteiger partial charge in [0, 0.05) is 23.9 Å². The van der Waals surface area contributed by atoms with Crippen LogP contribution in [-0.2, 0) is 22.3 Å². The molecule has 5 nitrogen and oxygen atoms in total. The summed E-state index contributed by atoms with van der Waals surface area (Å²) in [7, 11) is 0. The van der Waals surface area contributed by atoms with Crippen LogP contribution in [0.5, 0.6) is 0 Å². The SMILES string of the molecule is N[C@@]1(C(=O)NCc2ccc(Nc3ccc(Cl)cc3C(F)(F)F)cc2)CCOC1. The van der Waals surface area contributed by atoms with E-state index in [1.54, 1.807) is 24.3 Å². The van der Waals surface area contributed by atoms with E-state index >= 15 is 0 Å². The number of carbonyl (C=O) groups excluding carboxylic acids is 1. The second-order valence-electron chi connectivity index (χ2n) is 6.65. The van der Waals surface area contributed by atoms with E-state index < -0.39 is 17.3 Å². The Bertz CT molecular complexity index is 850. The Kier molecular flexibility index (Phi) is 5.83. The Hall–Kier alpha value is -2.29. The molecule has 28 heavy (non-hydrogen) atoms. The maximum Gasteiger partial charge on any atom is 0.418 e. The Morgan fingerprint density at radius 1 is 1.21 bits per heavy atom. The van der Waals surface area contributed by atoms with Crippen molar-refractivity contribution in [1.82, 2.24) is 5.32 Å². The third-order valence-corrected chi connectivity index (χ3v) is 4.71. The molecule has 1 atom stereocenters. The first kappa shape index (κ1) is 20.4. The lowest BCUT2D eigenvalue weighted by Gasteiger charge is -2.20. The molecule has 150 valence electrons. The monoisotopic (exact) mass is 413 g/mol. The molecular weight excluding hydrogens is 395 g/mol. The number of alkyl halides is 3. The zero-order chi connectivity index (χ0) is 20.4. The minimum absolute atomic E-state index is 0.00861. The third kappa shape index (κ3) is 4.76. The molecule has 0 aliphatic carbocycles. The van der Waals surface area contributed by atoms with Crippen molar-refractivity contribution in [2.45, 2.75) is 24.7 Å². The molecule has 2 aromatic carbocycles. The van der Waals surface area contributed by atoms with Crippen LogP contribution in [0.1, 0.15) is 17.5 Å². The summed E-state index contributed by atoms with van der Waals surface area (Å²) in [6.45, 7) is 0.895. The van der Waals surface area contributed by atoms with Gasteiger partial charge in [-0.25, -0.2) is 0 Å². The van der Waals surface area contributed by atoms with Gasteiger partial charge in [0.1, 0.15) is 5.54 Å². The minimum Gasteiger partial charge on any atom is -0.379 e. The highest BCUT2D eigenvalue weighted by Gasteiger charge is 2.38. The molecule has 1 aliphatic rings. The lowest BCUT2D eigenvalue weighted by molar-refractivity contribution is -0.137. The summed E-state index contributed by atoms with van der Waals surface area (Å²) in [5.74, 6) is -0.289. The molecule has 1 aliphatic heterocycles. The van der Waals surface area contributed by atoms with Crippen LogP contribution in [0.3, 0.4) is 0 Å². The number of hydrogen-bond donors (Lipinski definition) is 3. The number of halogens is 4. The number of amides is 1. The smallest absolute Gasteiger partial charge is 0.379 e. The van der Waals surface area contributed by atoms with E-state index in [1.807, 2.05) is 0 Å². The predicted molar refractivity (Wildman–Crippen MR) is 100 cm³/mol. The number of carbonyl (C=O) groups is 1. The van der Waals surface area contributed by atoms with Gasteiger partial charge < -0.3 is 21.1 Å². The van der Waals surface area contributed by atoms with Gasteiger partial charge in [-0.05, 0) is 42.3 Å². The van der Waals surface area contributed by atoms with Crippen LogP contribution in [-0.4, -0.2) is 24.7 Å². The lowest BCUT2D eigenvalue weighted by atomic mass is 9.99. The average Bonchev–Trinajstić information content (AvgIpc) is 3.09.